The summed E-state index contributed by atoms with van der Waals surface area (Å²) in [6.45, 7) is 2.26. The summed E-state index contributed by atoms with van der Waals surface area (Å²) in [5.74, 6) is -0.726. The van der Waals surface area contributed by atoms with E-state index in [1.807, 2.05) is 66.7 Å². The van der Waals surface area contributed by atoms with Crippen LogP contribution in [0, 0.1) is 0 Å². The topological polar surface area (TPSA) is 69.6 Å². The Kier molecular flexibility index (Phi) is 7.35. The Balaban J connectivity index is 1.83. The summed E-state index contributed by atoms with van der Waals surface area (Å²) in [5.41, 5.74) is 2.38. The first-order valence-corrected chi connectivity index (χ1v) is 9.95. The van der Waals surface area contributed by atoms with Crippen LogP contribution in [0.4, 0.5) is 0 Å². The fourth-order valence-electron chi connectivity index (χ4n) is 3.22. The van der Waals surface area contributed by atoms with E-state index in [0.717, 1.165) is 11.1 Å². The van der Waals surface area contributed by atoms with Gasteiger partial charge >= 0.3 is 0 Å². The zero-order valence-electron chi connectivity index (χ0n) is 16.9. The zero-order valence-corrected chi connectivity index (χ0v) is 16.9. The first-order chi connectivity index (χ1) is 14.5. The highest BCUT2D eigenvalue weighted by atomic mass is 16.3. The highest BCUT2D eigenvalue weighted by Gasteiger charge is 2.30. The Morgan fingerprint density at radius 2 is 1.23 bits per heavy atom. The lowest BCUT2D eigenvalue weighted by atomic mass is 10.1. The molecule has 0 aliphatic rings. The van der Waals surface area contributed by atoms with E-state index in [1.54, 1.807) is 29.2 Å². The van der Waals surface area contributed by atoms with Crippen molar-refractivity contribution in [2.45, 2.75) is 32.2 Å². The van der Waals surface area contributed by atoms with Gasteiger partial charge in [-0.05, 0) is 30.2 Å². The highest BCUT2D eigenvalue weighted by molar-refractivity contribution is 5.97. The molecule has 0 saturated carbocycles. The molecule has 3 aromatic rings. The minimum Gasteiger partial charge on any atom is -0.391 e. The van der Waals surface area contributed by atoms with Gasteiger partial charge in [0, 0.05) is 18.7 Å². The number of benzene rings is 3. The average Bonchev–Trinajstić information content (AvgIpc) is 2.78. The van der Waals surface area contributed by atoms with Crippen LogP contribution < -0.4 is 5.32 Å². The molecule has 5 heteroatoms. The van der Waals surface area contributed by atoms with Crippen LogP contribution in [0.15, 0.2) is 91.0 Å². The molecule has 0 unspecified atom stereocenters. The van der Waals surface area contributed by atoms with Crippen molar-refractivity contribution in [1.82, 2.24) is 10.2 Å². The van der Waals surface area contributed by atoms with E-state index in [1.165, 1.54) is 6.92 Å². The molecular formula is C25H26N2O3. The molecule has 0 bridgehead atoms. The highest BCUT2D eigenvalue weighted by Crippen LogP contribution is 2.13. The third kappa shape index (κ3) is 5.78. The number of aliphatic hydroxyl groups is 1. The molecule has 0 saturated heterocycles. The molecule has 0 radical (unpaired) electrons. The quantitative estimate of drug-likeness (QED) is 0.607. The van der Waals surface area contributed by atoms with E-state index in [0.29, 0.717) is 18.7 Å². The SMILES string of the molecule is C[C@@H](O)[C@@H](NC(=O)c1ccccc1)C(=O)N(Cc1ccccc1)Cc1ccccc1. The van der Waals surface area contributed by atoms with Gasteiger partial charge in [0.2, 0.25) is 5.91 Å². The third-order valence-electron chi connectivity index (χ3n) is 4.82. The van der Waals surface area contributed by atoms with Gasteiger partial charge in [0.15, 0.2) is 0 Å². The molecule has 2 amide bonds. The van der Waals surface area contributed by atoms with Gasteiger partial charge in [-0.15, -0.1) is 0 Å². The van der Waals surface area contributed by atoms with Crippen LogP contribution in [0.1, 0.15) is 28.4 Å². The molecule has 0 aliphatic carbocycles. The number of aliphatic hydroxyl groups excluding tert-OH is 1. The van der Waals surface area contributed by atoms with Gasteiger partial charge in [-0.2, -0.15) is 0 Å². The molecule has 0 fully saturated rings. The number of carbonyl (C=O) groups excluding carboxylic acids is 2. The fourth-order valence-corrected chi connectivity index (χ4v) is 3.22. The maximum Gasteiger partial charge on any atom is 0.252 e. The molecule has 3 aromatic carbocycles. The molecule has 0 spiro atoms. The van der Waals surface area contributed by atoms with Crippen molar-refractivity contribution >= 4 is 11.8 Å². The molecule has 0 heterocycles. The minimum atomic E-state index is -1.05. The van der Waals surface area contributed by atoms with Gasteiger partial charge < -0.3 is 15.3 Å². The van der Waals surface area contributed by atoms with Crippen molar-refractivity contribution in [3.8, 4) is 0 Å². The van der Waals surface area contributed by atoms with Crippen molar-refractivity contribution in [3.63, 3.8) is 0 Å². The Labute approximate surface area is 177 Å². The molecule has 3 rings (SSSR count). The molecule has 30 heavy (non-hydrogen) atoms. The van der Waals surface area contributed by atoms with Crippen LogP contribution in [-0.4, -0.2) is 34.0 Å². The molecule has 2 atom stereocenters. The Bertz CT molecular complexity index is 902. The first-order valence-electron chi connectivity index (χ1n) is 9.95. The van der Waals surface area contributed by atoms with Crippen LogP contribution >= 0.6 is 0 Å². The Morgan fingerprint density at radius 3 is 1.67 bits per heavy atom. The monoisotopic (exact) mass is 402 g/mol. The molecule has 5 nitrogen and oxygen atoms in total. The molecule has 2 N–H and O–H groups in total. The lowest BCUT2D eigenvalue weighted by Gasteiger charge is -2.29. The number of hydrogen-bond acceptors (Lipinski definition) is 3. The van der Waals surface area contributed by atoms with E-state index in [4.69, 9.17) is 0 Å². The predicted octanol–water partition coefficient (Wildman–Crippen LogP) is 3.39. The Morgan fingerprint density at radius 1 is 0.800 bits per heavy atom. The van der Waals surface area contributed by atoms with Crippen LogP contribution in [-0.2, 0) is 17.9 Å². The van der Waals surface area contributed by atoms with Crippen molar-refractivity contribution in [1.29, 1.82) is 0 Å². The summed E-state index contributed by atoms with van der Waals surface area (Å²) in [5, 5.41) is 13.0. The third-order valence-corrected chi connectivity index (χ3v) is 4.82. The first kappa shape index (κ1) is 21.3. The normalized spacial score (nSPS) is 12.6. The van der Waals surface area contributed by atoms with Crippen molar-refractivity contribution in [3.05, 3.63) is 108 Å². The summed E-state index contributed by atoms with van der Waals surface area (Å²) in [7, 11) is 0. The van der Waals surface area contributed by atoms with E-state index in [9.17, 15) is 14.7 Å². The summed E-state index contributed by atoms with van der Waals surface area (Å²) in [6.07, 6.45) is -1.04. The van der Waals surface area contributed by atoms with Crippen LogP contribution in [0.25, 0.3) is 0 Å². The summed E-state index contributed by atoms with van der Waals surface area (Å²) in [6, 6.07) is 26.9. The zero-order chi connectivity index (χ0) is 21.3. The number of amides is 2. The summed E-state index contributed by atoms with van der Waals surface area (Å²) < 4.78 is 0. The Hall–Kier alpha value is -3.44. The number of carbonyl (C=O) groups is 2. The van der Waals surface area contributed by atoms with Gasteiger partial charge in [0.05, 0.1) is 6.10 Å². The molecule has 0 aromatic heterocycles. The maximum absolute atomic E-state index is 13.4. The lowest BCUT2D eigenvalue weighted by molar-refractivity contribution is -0.137. The van der Waals surface area contributed by atoms with E-state index in [-0.39, 0.29) is 5.91 Å². The maximum atomic E-state index is 13.4. The van der Waals surface area contributed by atoms with Crippen molar-refractivity contribution in [2.75, 3.05) is 0 Å². The van der Waals surface area contributed by atoms with Crippen LogP contribution in [0.3, 0.4) is 0 Å². The van der Waals surface area contributed by atoms with Crippen LogP contribution in [0.2, 0.25) is 0 Å². The summed E-state index contributed by atoms with van der Waals surface area (Å²) >= 11 is 0. The number of rotatable bonds is 8. The van der Waals surface area contributed by atoms with Gasteiger partial charge in [-0.1, -0.05) is 78.9 Å². The van der Waals surface area contributed by atoms with E-state index < -0.39 is 18.1 Å². The van der Waals surface area contributed by atoms with Gasteiger partial charge in [-0.3, -0.25) is 9.59 Å². The lowest BCUT2D eigenvalue weighted by Crippen LogP contribution is -2.53. The second kappa shape index (κ2) is 10.4. The minimum absolute atomic E-state index is 0.331. The smallest absolute Gasteiger partial charge is 0.252 e. The number of nitrogens with zero attached hydrogens (tertiary/aromatic N) is 1. The van der Waals surface area contributed by atoms with Gasteiger partial charge in [0.25, 0.3) is 5.91 Å². The van der Waals surface area contributed by atoms with Crippen molar-refractivity contribution < 1.29 is 14.7 Å². The van der Waals surface area contributed by atoms with Gasteiger partial charge in [0.1, 0.15) is 6.04 Å². The molecule has 0 aliphatic heterocycles. The van der Waals surface area contributed by atoms with Crippen molar-refractivity contribution in [2.24, 2.45) is 0 Å². The molecule has 154 valence electrons. The van der Waals surface area contributed by atoms with Gasteiger partial charge in [-0.25, -0.2) is 0 Å². The second-order valence-electron chi connectivity index (χ2n) is 7.22. The second-order valence-corrected chi connectivity index (χ2v) is 7.22. The van der Waals surface area contributed by atoms with E-state index in [2.05, 4.69) is 5.32 Å². The largest absolute Gasteiger partial charge is 0.391 e. The average molecular weight is 402 g/mol. The standard InChI is InChI=1S/C25H26N2O3/c1-19(28)23(26-24(29)22-15-9-4-10-16-22)25(30)27(17-20-11-5-2-6-12-20)18-21-13-7-3-8-14-21/h2-16,19,23,28H,17-18H2,1H3,(H,26,29)/t19-,23-/m1/s1. The van der Waals surface area contributed by atoms with Crippen LogP contribution in [0.5, 0.6) is 0 Å². The molecular weight excluding hydrogens is 376 g/mol. The summed E-state index contributed by atoms with van der Waals surface area (Å²) in [4.78, 5) is 27.7. The predicted molar refractivity (Wildman–Crippen MR) is 117 cm³/mol. The van der Waals surface area contributed by atoms with E-state index >= 15 is 0 Å². The number of nitrogens with one attached hydrogen (secondary N) is 1. The fraction of sp³-hybridized carbons (Fsp3) is 0.200. The number of hydrogen-bond donors (Lipinski definition) is 2.